The van der Waals surface area contributed by atoms with Crippen LogP contribution in [0, 0.1) is 0 Å². The van der Waals surface area contributed by atoms with Crippen LogP contribution in [0.3, 0.4) is 0 Å². The minimum Gasteiger partial charge on any atom is -0.476 e. The maximum Gasteiger partial charge on any atom is 0.356 e. The van der Waals surface area contributed by atoms with Crippen LogP contribution in [-0.4, -0.2) is 27.9 Å². The SMILES string of the molecule is O=C(O)c1nc(Cl)c(Cl)c(N2C(=O)c3ccccc3C2=O)c1Cl. The number of carboxylic acid groups (broad SMARTS) is 1. The predicted molar refractivity (Wildman–Crippen MR) is 83.8 cm³/mol. The van der Waals surface area contributed by atoms with E-state index < -0.39 is 28.5 Å². The Kier molecular flexibility index (Phi) is 3.75. The fraction of sp³-hybridized carbons (Fsp3) is 0. The fourth-order valence-electron chi connectivity index (χ4n) is 2.23. The van der Waals surface area contributed by atoms with Gasteiger partial charge in [-0.1, -0.05) is 46.9 Å². The Labute approximate surface area is 144 Å². The first-order valence-electron chi connectivity index (χ1n) is 6.10. The van der Waals surface area contributed by atoms with Gasteiger partial charge in [-0.2, -0.15) is 0 Å². The number of aromatic carboxylic acids is 1. The lowest BCUT2D eigenvalue weighted by molar-refractivity contribution is 0.0689. The van der Waals surface area contributed by atoms with Crippen LogP contribution in [-0.2, 0) is 0 Å². The van der Waals surface area contributed by atoms with E-state index in [1.54, 1.807) is 12.1 Å². The maximum absolute atomic E-state index is 12.5. The second-order valence-corrected chi connectivity index (χ2v) is 5.64. The average molecular weight is 372 g/mol. The molecule has 0 saturated heterocycles. The summed E-state index contributed by atoms with van der Waals surface area (Å²) in [5.41, 5.74) is -0.576. The van der Waals surface area contributed by atoms with E-state index in [-0.39, 0.29) is 27.0 Å². The Morgan fingerprint density at radius 1 is 1.00 bits per heavy atom. The van der Waals surface area contributed by atoms with Crippen molar-refractivity contribution in [2.45, 2.75) is 0 Å². The van der Waals surface area contributed by atoms with Gasteiger partial charge in [0.1, 0.15) is 5.02 Å². The molecule has 6 nitrogen and oxygen atoms in total. The Balaban J connectivity index is 2.27. The molecule has 1 aliphatic rings. The van der Waals surface area contributed by atoms with Crippen molar-refractivity contribution >= 4 is 58.3 Å². The predicted octanol–water partition coefficient (Wildman–Crippen LogP) is 3.54. The van der Waals surface area contributed by atoms with Gasteiger partial charge in [0.2, 0.25) is 0 Å². The summed E-state index contributed by atoms with van der Waals surface area (Å²) in [6.45, 7) is 0. The molecule has 1 aliphatic heterocycles. The molecule has 0 spiro atoms. The fourth-order valence-corrected chi connectivity index (χ4v) is 2.98. The summed E-state index contributed by atoms with van der Waals surface area (Å²) in [4.78, 5) is 40.4. The number of nitrogens with zero attached hydrogens (tertiary/aromatic N) is 2. The summed E-state index contributed by atoms with van der Waals surface area (Å²) in [5, 5.41) is 8.02. The summed E-state index contributed by atoms with van der Waals surface area (Å²) in [5.74, 6) is -2.81. The maximum atomic E-state index is 12.5. The zero-order valence-corrected chi connectivity index (χ0v) is 13.3. The molecule has 2 heterocycles. The highest BCUT2D eigenvalue weighted by Crippen LogP contribution is 2.42. The summed E-state index contributed by atoms with van der Waals surface area (Å²) in [6.07, 6.45) is 0. The summed E-state index contributed by atoms with van der Waals surface area (Å²) >= 11 is 17.8. The lowest BCUT2D eigenvalue weighted by atomic mass is 10.1. The van der Waals surface area contributed by atoms with E-state index in [0.29, 0.717) is 4.90 Å². The number of aromatic nitrogens is 1. The second-order valence-electron chi connectivity index (χ2n) is 4.52. The molecule has 1 aromatic heterocycles. The highest BCUT2D eigenvalue weighted by atomic mass is 35.5. The van der Waals surface area contributed by atoms with Crippen LogP contribution in [0.4, 0.5) is 5.69 Å². The van der Waals surface area contributed by atoms with Crippen molar-refractivity contribution < 1.29 is 19.5 Å². The molecule has 2 aromatic rings. The summed E-state index contributed by atoms with van der Waals surface area (Å²) in [7, 11) is 0. The Morgan fingerprint density at radius 3 is 2.00 bits per heavy atom. The molecule has 0 aliphatic carbocycles. The Morgan fingerprint density at radius 2 is 1.52 bits per heavy atom. The van der Waals surface area contributed by atoms with Crippen molar-refractivity contribution in [2.24, 2.45) is 0 Å². The van der Waals surface area contributed by atoms with Gasteiger partial charge in [-0.05, 0) is 12.1 Å². The highest BCUT2D eigenvalue weighted by Gasteiger charge is 2.40. The normalized spacial score (nSPS) is 13.4. The smallest absolute Gasteiger partial charge is 0.356 e. The van der Waals surface area contributed by atoms with Gasteiger partial charge in [-0.25, -0.2) is 14.7 Å². The van der Waals surface area contributed by atoms with Crippen molar-refractivity contribution in [3.05, 3.63) is 56.3 Å². The number of imide groups is 1. The van der Waals surface area contributed by atoms with Crippen molar-refractivity contribution in [3.63, 3.8) is 0 Å². The van der Waals surface area contributed by atoms with Crippen molar-refractivity contribution in [1.29, 1.82) is 0 Å². The minimum absolute atomic E-state index is 0.162. The molecule has 0 unspecified atom stereocenters. The van der Waals surface area contributed by atoms with Gasteiger partial charge in [0.15, 0.2) is 10.8 Å². The molecular formula is C14H5Cl3N2O4. The topological polar surface area (TPSA) is 87.6 Å². The van der Waals surface area contributed by atoms with Gasteiger partial charge in [0.05, 0.1) is 21.8 Å². The van der Waals surface area contributed by atoms with Crippen LogP contribution in [0.25, 0.3) is 0 Å². The first kappa shape index (κ1) is 15.7. The first-order valence-corrected chi connectivity index (χ1v) is 7.23. The van der Waals surface area contributed by atoms with Gasteiger partial charge in [-0.15, -0.1) is 0 Å². The van der Waals surface area contributed by atoms with E-state index in [1.807, 2.05) is 0 Å². The number of hydrogen-bond donors (Lipinski definition) is 1. The van der Waals surface area contributed by atoms with Crippen LogP contribution in [0.15, 0.2) is 24.3 Å². The Hall–Kier alpha value is -2.15. The van der Waals surface area contributed by atoms with Crippen LogP contribution >= 0.6 is 34.8 Å². The van der Waals surface area contributed by atoms with Gasteiger partial charge < -0.3 is 5.11 Å². The number of carbonyl (C=O) groups excluding carboxylic acids is 2. The van der Waals surface area contributed by atoms with Crippen LogP contribution < -0.4 is 4.90 Å². The van der Waals surface area contributed by atoms with E-state index in [4.69, 9.17) is 39.9 Å². The molecule has 23 heavy (non-hydrogen) atoms. The van der Waals surface area contributed by atoms with E-state index in [1.165, 1.54) is 12.1 Å². The number of anilines is 1. The molecule has 9 heteroatoms. The van der Waals surface area contributed by atoms with E-state index in [2.05, 4.69) is 4.98 Å². The number of hydrogen-bond acceptors (Lipinski definition) is 4. The molecule has 0 fully saturated rings. The zero-order valence-electron chi connectivity index (χ0n) is 11.0. The number of carbonyl (C=O) groups is 3. The molecule has 0 bridgehead atoms. The largest absolute Gasteiger partial charge is 0.476 e. The number of fused-ring (bicyclic) bond motifs is 1. The molecule has 2 amide bonds. The first-order chi connectivity index (χ1) is 10.8. The molecule has 0 radical (unpaired) electrons. The van der Waals surface area contributed by atoms with Crippen LogP contribution in [0.5, 0.6) is 0 Å². The zero-order chi connectivity index (χ0) is 16.9. The van der Waals surface area contributed by atoms with E-state index in [0.717, 1.165) is 0 Å². The quantitative estimate of drug-likeness (QED) is 0.644. The molecule has 3 rings (SSSR count). The van der Waals surface area contributed by atoms with Gasteiger partial charge in [-0.3, -0.25) is 9.59 Å². The van der Waals surface area contributed by atoms with E-state index >= 15 is 0 Å². The van der Waals surface area contributed by atoms with Crippen LogP contribution in [0.1, 0.15) is 31.2 Å². The van der Waals surface area contributed by atoms with E-state index in [9.17, 15) is 14.4 Å². The third-order valence-corrected chi connectivity index (χ3v) is 4.32. The molecular weight excluding hydrogens is 367 g/mol. The number of amides is 2. The average Bonchev–Trinajstić information content (AvgIpc) is 2.76. The number of pyridine rings is 1. The van der Waals surface area contributed by atoms with Crippen molar-refractivity contribution in [3.8, 4) is 0 Å². The van der Waals surface area contributed by atoms with Gasteiger partial charge >= 0.3 is 5.97 Å². The molecule has 1 N–H and O–H groups in total. The standard InChI is InChI=1S/C14H5Cl3N2O4/c15-7-9(14(22)23)18-11(17)8(16)10(7)19-12(20)5-3-1-2-4-6(5)13(19)21/h1-4H,(H,22,23). The third-order valence-electron chi connectivity index (χ3n) is 3.24. The summed E-state index contributed by atoms with van der Waals surface area (Å²) in [6, 6.07) is 6.13. The second kappa shape index (κ2) is 5.49. The Bertz CT molecular complexity index is 863. The molecule has 116 valence electrons. The lowest BCUT2D eigenvalue weighted by Gasteiger charge is -2.18. The third kappa shape index (κ3) is 2.26. The number of halogens is 3. The number of rotatable bonds is 2. The van der Waals surface area contributed by atoms with Crippen molar-refractivity contribution in [1.82, 2.24) is 4.98 Å². The monoisotopic (exact) mass is 370 g/mol. The van der Waals surface area contributed by atoms with Crippen LogP contribution in [0.2, 0.25) is 15.2 Å². The molecule has 0 atom stereocenters. The summed E-state index contributed by atoms with van der Waals surface area (Å²) < 4.78 is 0. The van der Waals surface area contributed by atoms with Crippen molar-refractivity contribution in [2.75, 3.05) is 4.90 Å². The van der Waals surface area contributed by atoms with Gasteiger partial charge in [0.25, 0.3) is 11.8 Å². The highest BCUT2D eigenvalue weighted by molar-refractivity contribution is 6.49. The lowest BCUT2D eigenvalue weighted by Crippen LogP contribution is -2.30. The van der Waals surface area contributed by atoms with Gasteiger partial charge in [0, 0.05) is 0 Å². The molecule has 1 aromatic carbocycles. The number of carboxylic acids is 1. The minimum atomic E-state index is -1.47. The number of benzene rings is 1. The molecule has 0 saturated carbocycles.